The normalized spacial score (nSPS) is 23.1. The molecule has 3 rings (SSSR count). The second-order valence-electron chi connectivity index (χ2n) is 6.76. The van der Waals surface area contributed by atoms with Gasteiger partial charge in [-0.3, -0.25) is 4.79 Å². The summed E-state index contributed by atoms with van der Waals surface area (Å²) in [6, 6.07) is 6.86. The maximum absolute atomic E-state index is 13.2. The van der Waals surface area contributed by atoms with Gasteiger partial charge in [0.05, 0.1) is 5.92 Å². The average molecular weight is 341 g/mol. The number of rotatable bonds is 4. The lowest BCUT2D eigenvalue weighted by Crippen LogP contribution is -2.44. The molecule has 1 aromatic rings. The first kappa shape index (κ1) is 18.2. The van der Waals surface area contributed by atoms with Crippen molar-refractivity contribution in [3.8, 4) is 0 Å². The lowest BCUT2D eigenvalue weighted by molar-refractivity contribution is -0.124. The van der Waals surface area contributed by atoms with E-state index < -0.39 is 0 Å². The second kappa shape index (κ2) is 8.11. The van der Waals surface area contributed by atoms with Crippen LogP contribution in [0.25, 0.3) is 0 Å². The van der Waals surface area contributed by atoms with Crippen molar-refractivity contribution in [1.29, 1.82) is 0 Å². The predicted molar refractivity (Wildman–Crippen MR) is 92.4 cm³/mol. The molecule has 1 unspecified atom stereocenters. The standard InChI is InChI=1S/C18H25FN2O.ClH/c19-16-6-4-15(5-7-16)18(9-2-1-3-10-18)13-21-17(22)14-8-11-20-12-14;/h4-7,14,20H,1-3,8-13H2,(H,21,22);1H. The first-order chi connectivity index (χ1) is 10.7. The number of benzene rings is 1. The van der Waals surface area contributed by atoms with Crippen LogP contribution in [0.5, 0.6) is 0 Å². The zero-order valence-electron chi connectivity index (χ0n) is 13.4. The summed E-state index contributed by atoms with van der Waals surface area (Å²) in [7, 11) is 0. The van der Waals surface area contributed by atoms with Gasteiger partial charge in [-0.2, -0.15) is 0 Å². The van der Waals surface area contributed by atoms with E-state index in [0.717, 1.165) is 32.4 Å². The number of amides is 1. The Morgan fingerprint density at radius 3 is 2.52 bits per heavy atom. The van der Waals surface area contributed by atoms with Crippen LogP contribution in [-0.4, -0.2) is 25.5 Å². The molecule has 5 heteroatoms. The Morgan fingerprint density at radius 2 is 1.91 bits per heavy atom. The molecule has 1 atom stereocenters. The third-order valence-electron chi connectivity index (χ3n) is 5.30. The zero-order valence-corrected chi connectivity index (χ0v) is 14.3. The minimum absolute atomic E-state index is 0. The molecule has 1 saturated carbocycles. The molecular formula is C18H26ClFN2O. The Kier molecular flexibility index (Phi) is 6.42. The van der Waals surface area contributed by atoms with Gasteiger partial charge in [0.1, 0.15) is 5.82 Å². The molecule has 1 aliphatic carbocycles. The van der Waals surface area contributed by atoms with E-state index >= 15 is 0 Å². The molecule has 23 heavy (non-hydrogen) atoms. The Bertz CT molecular complexity index is 508. The Hall–Kier alpha value is -1.13. The van der Waals surface area contributed by atoms with Crippen molar-refractivity contribution in [2.75, 3.05) is 19.6 Å². The summed E-state index contributed by atoms with van der Waals surface area (Å²) in [6.07, 6.45) is 6.68. The molecule has 1 aliphatic heterocycles. The molecule has 1 aromatic carbocycles. The smallest absolute Gasteiger partial charge is 0.224 e. The van der Waals surface area contributed by atoms with Crippen LogP contribution in [0.1, 0.15) is 44.1 Å². The van der Waals surface area contributed by atoms with Crippen molar-refractivity contribution >= 4 is 18.3 Å². The van der Waals surface area contributed by atoms with E-state index in [9.17, 15) is 9.18 Å². The van der Waals surface area contributed by atoms with Crippen LogP contribution in [0.4, 0.5) is 4.39 Å². The maximum Gasteiger partial charge on any atom is 0.224 e. The van der Waals surface area contributed by atoms with Crippen LogP contribution in [0.15, 0.2) is 24.3 Å². The summed E-state index contributed by atoms with van der Waals surface area (Å²) in [6.45, 7) is 2.39. The Morgan fingerprint density at radius 1 is 1.22 bits per heavy atom. The molecule has 0 aromatic heterocycles. The van der Waals surface area contributed by atoms with E-state index in [1.165, 1.54) is 37.0 Å². The molecule has 2 fully saturated rings. The highest BCUT2D eigenvalue weighted by Gasteiger charge is 2.35. The first-order valence-electron chi connectivity index (χ1n) is 8.44. The molecule has 2 aliphatic rings. The third kappa shape index (κ3) is 4.24. The molecule has 1 saturated heterocycles. The van der Waals surface area contributed by atoms with Crippen molar-refractivity contribution < 1.29 is 9.18 Å². The van der Waals surface area contributed by atoms with Crippen LogP contribution in [0, 0.1) is 11.7 Å². The van der Waals surface area contributed by atoms with Gasteiger partial charge in [-0.05, 0) is 43.5 Å². The molecule has 0 spiro atoms. The highest BCUT2D eigenvalue weighted by Crippen LogP contribution is 2.39. The van der Waals surface area contributed by atoms with Crippen molar-refractivity contribution in [3.63, 3.8) is 0 Å². The van der Waals surface area contributed by atoms with Gasteiger partial charge >= 0.3 is 0 Å². The van der Waals surface area contributed by atoms with Gasteiger partial charge in [-0.15, -0.1) is 12.4 Å². The lowest BCUT2D eigenvalue weighted by atomic mass is 9.69. The number of hydrogen-bond donors (Lipinski definition) is 2. The van der Waals surface area contributed by atoms with Crippen molar-refractivity contribution in [2.24, 2.45) is 5.92 Å². The molecular weight excluding hydrogens is 315 g/mol. The van der Waals surface area contributed by atoms with E-state index in [-0.39, 0.29) is 35.5 Å². The van der Waals surface area contributed by atoms with Crippen LogP contribution in [0.2, 0.25) is 0 Å². The molecule has 3 nitrogen and oxygen atoms in total. The highest BCUT2D eigenvalue weighted by atomic mass is 35.5. The number of halogens is 2. The zero-order chi connectivity index (χ0) is 15.4. The topological polar surface area (TPSA) is 41.1 Å². The third-order valence-corrected chi connectivity index (χ3v) is 5.30. The van der Waals surface area contributed by atoms with Crippen LogP contribution < -0.4 is 10.6 Å². The molecule has 1 amide bonds. The van der Waals surface area contributed by atoms with Crippen LogP contribution in [0.3, 0.4) is 0 Å². The summed E-state index contributed by atoms with van der Waals surface area (Å²) in [5, 5.41) is 6.41. The van der Waals surface area contributed by atoms with Gasteiger partial charge < -0.3 is 10.6 Å². The minimum Gasteiger partial charge on any atom is -0.355 e. The summed E-state index contributed by atoms with van der Waals surface area (Å²) in [4.78, 5) is 12.3. The molecule has 128 valence electrons. The van der Waals surface area contributed by atoms with Gasteiger partial charge in [0.2, 0.25) is 5.91 Å². The van der Waals surface area contributed by atoms with Crippen LogP contribution in [-0.2, 0) is 10.2 Å². The quantitative estimate of drug-likeness (QED) is 0.884. The van der Waals surface area contributed by atoms with Crippen molar-refractivity contribution in [3.05, 3.63) is 35.6 Å². The predicted octanol–water partition coefficient (Wildman–Crippen LogP) is 3.18. The molecule has 0 bridgehead atoms. The minimum atomic E-state index is -0.198. The largest absolute Gasteiger partial charge is 0.355 e. The van der Waals surface area contributed by atoms with Crippen LogP contribution >= 0.6 is 12.4 Å². The molecule has 2 N–H and O–H groups in total. The van der Waals surface area contributed by atoms with Gasteiger partial charge in [0.15, 0.2) is 0 Å². The fourth-order valence-electron chi connectivity index (χ4n) is 3.88. The summed E-state index contributed by atoms with van der Waals surface area (Å²) < 4.78 is 13.2. The number of nitrogens with one attached hydrogen (secondary N) is 2. The van der Waals surface area contributed by atoms with E-state index in [1.54, 1.807) is 0 Å². The average Bonchev–Trinajstić information content (AvgIpc) is 3.09. The number of hydrogen-bond acceptors (Lipinski definition) is 2. The van der Waals surface area contributed by atoms with Gasteiger partial charge in [0, 0.05) is 18.5 Å². The fourth-order valence-corrected chi connectivity index (χ4v) is 3.88. The molecule has 1 heterocycles. The number of carbonyl (C=O) groups excluding carboxylic acids is 1. The molecule has 0 radical (unpaired) electrons. The van der Waals surface area contributed by atoms with Crippen molar-refractivity contribution in [2.45, 2.75) is 43.9 Å². The maximum atomic E-state index is 13.2. The monoisotopic (exact) mass is 340 g/mol. The lowest BCUT2D eigenvalue weighted by Gasteiger charge is -2.38. The van der Waals surface area contributed by atoms with E-state index in [4.69, 9.17) is 0 Å². The summed E-state index contributed by atoms with van der Waals surface area (Å²) in [5.74, 6) is 0.0710. The van der Waals surface area contributed by atoms with Crippen molar-refractivity contribution in [1.82, 2.24) is 10.6 Å². The van der Waals surface area contributed by atoms with Gasteiger partial charge in [-0.25, -0.2) is 4.39 Å². The van der Waals surface area contributed by atoms with E-state index in [1.807, 2.05) is 12.1 Å². The highest BCUT2D eigenvalue weighted by molar-refractivity contribution is 5.85. The second-order valence-corrected chi connectivity index (χ2v) is 6.76. The SMILES string of the molecule is Cl.O=C(NCC1(c2ccc(F)cc2)CCCCC1)C1CCNC1. The van der Waals surface area contributed by atoms with E-state index in [2.05, 4.69) is 10.6 Å². The van der Waals surface area contributed by atoms with Gasteiger partial charge in [0.25, 0.3) is 0 Å². The number of carbonyl (C=O) groups is 1. The van der Waals surface area contributed by atoms with Gasteiger partial charge in [-0.1, -0.05) is 31.4 Å². The summed E-state index contributed by atoms with van der Waals surface area (Å²) in [5.41, 5.74) is 1.15. The van der Waals surface area contributed by atoms with E-state index in [0.29, 0.717) is 6.54 Å². The Labute approximate surface area is 143 Å². The Balaban J connectivity index is 0.00000192. The fraction of sp³-hybridized carbons (Fsp3) is 0.611. The summed E-state index contributed by atoms with van der Waals surface area (Å²) >= 11 is 0. The first-order valence-corrected chi connectivity index (χ1v) is 8.44.